The number of nitrogens with one attached hydrogen (secondary N) is 1. The summed E-state index contributed by atoms with van der Waals surface area (Å²) in [5.41, 5.74) is 1.92. The molecule has 1 aromatic rings. The van der Waals surface area contributed by atoms with Crippen LogP contribution < -0.4 is 5.32 Å². The van der Waals surface area contributed by atoms with E-state index in [1.807, 2.05) is 25.1 Å². The lowest BCUT2D eigenvalue weighted by atomic mass is 9.97. The van der Waals surface area contributed by atoms with Crippen LogP contribution >= 0.6 is 22.6 Å². The van der Waals surface area contributed by atoms with Crippen molar-refractivity contribution in [3.63, 3.8) is 0 Å². The number of ether oxygens (including phenoxy) is 1. The summed E-state index contributed by atoms with van der Waals surface area (Å²) in [7, 11) is 1.42. The molecule has 2 rings (SSSR count). The van der Waals surface area contributed by atoms with E-state index >= 15 is 0 Å². The smallest absolute Gasteiger partial charge is 0.308 e. The Labute approximate surface area is 144 Å². The minimum atomic E-state index is -0.140. The molecule has 1 heterocycles. The van der Waals surface area contributed by atoms with Crippen LogP contribution in [-0.4, -0.2) is 43.5 Å². The lowest BCUT2D eigenvalue weighted by molar-refractivity contribution is -0.147. The molecule has 0 unspecified atom stereocenters. The van der Waals surface area contributed by atoms with Crippen LogP contribution in [0.4, 0.5) is 5.69 Å². The van der Waals surface area contributed by atoms with Gasteiger partial charge in [0.2, 0.25) is 5.91 Å². The Morgan fingerprint density at radius 1 is 1.36 bits per heavy atom. The Morgan fingerprint density at radius 3 is 2.64 bits per heavy atom. The summed E-state index contributed by atoms with van der Waals surface area (Å²) in [6.45, 7) is 3.84. The molecular formula is C16H21IN2O3. The topological polar surface area (TPSA) is 58.6 Å². The maximum atomic E-state index is 12.1. The van der Waals surface area contributed by atoms with Gasteiger partial charge in [0.25, 0.3) is 0 Å². The quantitative estimate of drug-likeness (QED) is 0.605. The zero-order valence-corrected chi connectivity index (χ0v) is 15.1. The average Bonchev–Trinajstić information content (AvgIpc) is 2.50. The Bertz CT molecular complexity index is 554. The number of benzene rings is 1. The minimum absolute atomic E-state index is 0.0131. The number of piperidine rings is 1. The van der Waals surface area contributed by atoms with Crippen LogP contribution in [0, 0.1) is 16.4 Å². The van der Waals surface area contributed by atoms with Gasteiger partial charge in [0.15, 0.2) is 0 Å². The minimum Gasteiger partial charge on any atom is -0.469 e. The fourth-order valence-corrected chi connectivity index (χ4v) is 3.30. The van der Waals surface area contributed by atoms with Gasteiger partial charge in [0, 0.05) is 9.26 Å². The van der Waals surface area contributed by atoms with Crippen molar-refractivity contribution in [3.8, 4) is 0 Å². The largest absolute Gasteiger partial charge is 0.469 e. The standard InChI is InChI=1S/C16H21IN2O3/c1-11-9-13(17)3-4-14(11)18-15(20)10-19-7-5-12(6-8-19)16(21)22-2/h3-4,9,12H,5-8,10H2,1-2H3,(H,18,20). The van der Waals surface area contributed by atoms with Crippen LogP contribution in [0.2, 0.25) is 0 Å². The molecule has 1 aromatic carbocycles. The van der Waals surface area contributed by atoms with Gasteiger partial charge in [-0.1, -0.05) is 0 Å². The molecule has 1 saturated heterocycles. The summed E-state index contributed by atoms with van der Waals surface area (Å²) in [5, 5.41) is 2.95. The first-order valence-electron chi connectivity index (χ1n) is 7.36. The Kier molecular flexibility index (Phi) is 6.19. The van der Waals surface area contributed by atoms with E-state index in [4.69, 9.17) is 4.74 Å². The van der Waals surface area contributed by atoms with Crippen molar-refractivity contribution in [2.24, 2.45) is 5.92 Å². The molecule has 1 N–H and O–H groups in total. The Hall–Kier alpha value is -1.15. The van der Waals surface area contributed by atoms with Gasteiger partial charge < -0.3 is 10.1 Å². The first-order valence-corrected chi connectivity index (χ1v) is 8.43. The number of nitrogens with zero attached hydrogens (tertiary/aromatic N) is 1. The summed E-state index contributed by atoms with van der Waals surface area (Å²) >= 11 is 2.25. The Balaban J connectivity index is 1.82. The van der Waals surface area contributed by atoms with E-state index in [2.05, 4.69) is 32.8 Å². The van der Waals surface area contributed by atoms with Gasteiger partial charge in [0.1, 0.15) is 0 Å². The third-order valence-corrected chi connectivity index (χ3v) is 4.62. The van der Waals surface area contributed by atoms with Gasteiger partial charge in [-0.05, 0) is 79.2 Å². The Morgan fingerprint density at radius 2 is 2.05 bits per heavy atom. The van der Waals surface area contributed by atoms with Gasteiger partial charge in [-0.25, -0.2) is 0 Å². The molecule has 0 spiro atoms. The van der Waals surface area contributed by atoms with E-state index in [0.717, 1.165) is 40.8 Å². The van der Waals surface area contributed by atoms with E-state index in [1.54, 1.807) is 0 Å². The van der Waals surface area contributed by atoms with Gasteiger partial charge >= 0.3 is 5.97 Å². The maximum absolute atomic E-state index is 12.1. The van der Waals surface area contributed by atoms with Gasteiger partial charge in [-0.15, -0.1) is 0 Å². The van der Waals surface area contributed by atoms with E-state index in [9.17, 15) is 9.59 Å². The second kappa shape index (κ2) is 7.92. The number of carbonyl (C=O) groups excluding carboxylic acids is 2. The molecule has 1 amide bonds. The number of carbonyl (C=O) groups is 2. The molecule has 1 aliphatic heterocycles. The number of hydrogen-bond acceptors (Lipinski definition) is 4. The lowest BCUT2D eigenvalue weighted by Crippen LogP contribution is -2.41. The molecule has 120 valence electrons. The van der Waals surface area contributed by atoms with Gasteiger partial charge in [-0.2, -0.15) is 0 Å². The first-order chi connectivity index (χ1) is 10.5. The second-order valence-electron chi connectivity index (χ2n) is 5.58. The van der Waals surface area contributed by atoms with Crippen molar-refractivity contribution in [2.75, 3.05) is 32.1 Å². The number of esters is 1. The fraction of sp³-hybridized carbons (Fsp3) is 0.500. The molecule has 1 fully saturated rings. The highest BCUT2D eigenvalue weighted by atomic mass is 127. The van der Waals surface area contributed by atoms with Crippen LogP contribution in [0.25, 0.3) is 0 Å². The molecule has 0 saturated carbocycles. The van der Waals surface area contributed by atoms with Crippen molar-refractivity contribution in [2.45, 2.75) is 19.8 Å². The number of hydrogen-bond donors (Lipinski definition) is 1. The van der Waals surface area contributed by atoms with Crippen LogP contribution in [0.3, 0.4) is 0 Å². The highest BCUT2D eigenvalue weighted by molar-refractivity contribution is 14.1. The SMILES string of the molecule is COC(=O)C1CCN(CC(=O)Nc2ccc(I)cc2C)CC1. The molecule has 0 bridgehead atoms. The van der Waals surface area contributed by atoms with E-state index in [-0.39, 0.29) is 17.8 Å². The van der Waals surface area contributed by atoms with Crippen LogP contribution in [0.1, 0.15) is 18.4 Å². The van der Waals surface area contributed by atoms with Crippen molar-refractivity contribution >= 4 is 40.2 Å². The zero-order valence-electron chi connectivity index (χ0n) is 12.9. The monoisotopic (exact) mass is 416 g/mol. The van der Waals surface area contributed by atoms with Crippen molar-refractivity contribution in [3.05, 3.63) is 27.3 Å². The number of likely N-dealkylation sites (tertiary alicyclic amines) is 1. The molecule has 0 radical (unpaired) electrons. The predicted molar refractivity (Wildman–Crippen MR) is 93.7 cm³/mol. The van der Waals surface area contributed by atoms with Gasteiger partial charge in [-0.3, -0.25) is 14.5 Å². The number of methoxy groups -OCH3 is 1. The van der Waals surface area contributed by atoms with Crippen molar-refractivity contribution in [1.29, 1.82) is 0 Å². The molecule has 0 aromatic heterocycles. The predicted octanol–water partition coefficient (Wildman–Crippen LogP) is 2.42. The number of aryl methyl sites for hydroxylation is 1. The maximum Gasteiger partial charge on any atom is 0.308 e. The molecule has 22 heavy (non-hydrogen) atoms. The number of anilines is 1. The summed E-state index contributed by atoms with van der Waals surface area (Å²) in [6.07, 6.45) is 1.50. The number of rotatable bonds is 4. The van der Waals surface area contributed by atoms with E-state index in [1.165, 1.54) is 7.11 Å². The zero-order chi connectivity index (χ0) is 16.1. The van der Waals surface area contributed by atoms with E-state index < -0.39 is 0 Å². The number of amides is 1. The normalized spacial score (nSPS) is 16.3. The first kappa shape index (κ1) is 17.2. The van der Waals surface area contributed by atoms with E-state index in [0.29, 0.717) is 6.54 Å². The fourth-order valence-electron chi connectivity index (χ4n) is 2.65. The van der Waals surface area contributed by atoms with Gasteiger partial charge in [0.05, 0.1) is 19.6 Å². The molecule has 0 aliphatic carbocycles. The van der Waals surface area contributed by atoms with Crippen LogP contribution in [0.5, 0.6) is 0 Å². The number of halogens is 1. The van der Waals surface area contributed by atoms with Crippen molar-refractivity contribution < 1.29 is 14.3 Å². The lowest BCUT2D eigenvalue weighted by Gasteiger charge is -2.30. The van der Waals surface area contributed by atoms with Crippen LogP contribution in [-0.2, 0) is 14.3 Å². The summed E-state index contributed by atoms with van der Waals surface area (Å²) < 4.78 is 5.92. The van der Waals surface area contributed by atoms with Crippen LogP contribution in [0.15, 0.2) is 18.2 Å². The molecule has 5 nitrogen and oxygen atoms in total. The highest BCUT2D eigenvalue weighted by Crippen LogP contribution is 2.20. The summed E-state index contributed by atoms with van der Waals surface area (Å²) in [4.78, 5) is 25.7. The average molecular weight is 416 g/mol. The molecule has 0 atom stereocenters. The third-order valence-electron chi connectivity index (χ3n) is 3.95. The summed E-state index contributed by atoms with van der Waals surface area (Å²) in [6, 6.07) is 5.95. The molecule has 1 aliphatic rings. The molecular weight excluding hydrogens is 395 g/mol. The third kappa shape index (κ3) is 4.67. The molecule has 6 heteroatoms. The van der Waals surface area contributed by atoms with Crippen molar-refractivity contribution in [1.82, 2.24) is 4.90 Å². The highest BCUT2D eigenvalue weighted by Gasteiger charge is 2.26. The second-order valence-corrected chi connectivity index (χ2v) is 6.83. The summed E-state index contributed by atoms with van der Waals surface area (Å²) in [5.74, 6) is -0.179.